The van der Waals surface area contributed by atoms with Crippen LogP contribution in [0.15, 0.2) is 22.7 Å². The number of rotatable bonds is 5. The Balaban J connectivity index is 1.83. The quantitative estimate of drug-likeness (QED) is 0.913. The summed E-state index contributed by atoms with van der Waals surface area (Å²) in [6.07, 6.45) is 3.11. The molecule has 0 saturated carbocycles. The minimum atomic E-state index is 0.285. The molecule has 1 aromatic heterocycles. The second-order valence-electron chi connectivity index (χ2n) is 6.08. The van der Waals surface area contributed by atoms with Crippen molar-refractivity contribution in [1.82, 2.24) is 10.1 Å². The lowest BCUT2D eigenvalue weighted by Gasteiger charge is -2.25. The maximum absolute atomic E-state index is 10.2. The van der Waals surface area contributed by atoms with Gasteiger partial charge in [0.1, 0.15) is 17.3 Å². The summed E-state index contributed by atoms with van der Waals surface area (Å²) >= 11 is 0. The van der Waals surface area contributed by atoms with Crippen LogP contribution in [0.25, 0.3) is 0 Å². The van der Waals surface area contributed by atoms with Gasteiger partial charge >= 0.3 is 0 Å². The average Bonchev–Trinajstić information content (AvgIpc) is 3.14. The molecule has 1 aliphatic heterocycles. The maximum atomic E-state index is 10.2. The lowest BCUT2D eigenvalue weighted by Crippen LogP contribution is -2.23. The minimum absolute atomic E-state index is 0.285. The number of aryl methyl sites for hydroxylation is 2. The van der Waals surface area contributed by atoms with Crippen LogP contribution in [-0.4, -0.2) is 28.8 Å². The monoisotopic (exact) mass is 316 g/mol. The van der Waals surface area contributed by atoms with Crippen LogP contribution in [0.1, 0.15) is 48.4 Å². The summed E-state index contributed by atoms with van der Waals surface area (Å²) in [5.41, 5.74) is 3.14. The van der Waals surface area contributed by atoms with Gasteiger partial charge in [0, 0.05) is 36.2 Å². The summed E-state index contributed by atoms with van der Waals surface area (Å²) in [6.45, 7) is 5.84. The van der Waals surface area contributed by atoms with Gasteiger partial charge < -0.3 is 14.4 Å². The van der Waals surface area contributed by atoms with Gasteiger partial charge in [0.05, 0.1) is 12.8 Å². The van der Waals surface area contributed by atoms with Crippen LogP contribution in [0.3, 0.4) is 0 Å². The molecule has 124 valence electrons. The van der Waals surface area contributed by atoms with E-state index in [2.05, 4.69) is 17.0 Å². The molecule has 1 fully saturated rings. The van der Waals surface area contributed by atoms with E-state index in [1.165, 1.54) is 5.56 Å². The Morgan fingerprint density at radius 1 is 1.43 bits per heavy atom. The molecular weight excluding hydrogens is 292 g/mol. The first-order valence-corrected chi connectivity index (χ1v) is 8.19. The van der Waals surface area contributed by atoms with Gasteiger partial charge in [-0.05, 0) is 32.4 Å². The molecular formula is C18H24N2O3. The molecule has 0 radical (unpaired) electrons. The van der Waals surface area contributed by atoms with Crippen molar-refractivity contribution in [2.45, 2.75) is 45.7 Å². The van der Waals surface area contributed by atoms with Gasteiger partial charge in [0.25, 0.3) is 0 Å². The zero-order valence-corrected chi connectivity index (χ0v) is 14.0. The van der Waals surface area contributed by atoms with E-state index in [1.54, 1.807) is 13.2 Å². The molecule has 0 unspecified atom stereocenters. The van der Waals surface area contributed by atoms with Gasteiger partial charge in [0.15, 0.2) is 0 Å². The van der Waals surface area contributed by atoms with Crippen LogP contribution >= 0.6 is 0 Å². The molecule has 0 amide bonds. The largest absolute Gasteiger partial charge is 0.507 e. The molecule has 3 rings (SSSR count). The van der Waals surface area contributed by atoms with Gasteiger partial charge in [-0.25, -0.2) is 0 Å². The van der Waals surface area contributed by atoms with E-state index in [4.69, 9.17) is 9.26 Å². The molecule has 1 N–H and O–H groups in total. The number of likely N-dealkylation sites (tertiary alicyclic amines) is 1. The Hall–Kier alpha value is -2.01. The van der Waals surface area contributed by atoms with Crippen molar-refractivity contribution >= 4 is 0 Å². The third kappa shape index (κ3) is 3.06. The topological polar surface area (TPSA) is 58.7 Å². The van der Waals surface area contributed by atoms with Crippen molar-refractivity contribution in [2.24, 2.45) is 0 Å². The number of benzene rings is 1. The highest BCUT2D eigenvalue weighted by atomic mass is 16.5. The molecule has 0 bridgehead atoms. The number of ether oxygens (including phenoxy) is 1. The number of nitrogens with zero attached hydrogens (tertiary/aromatic N) is 2. The predicted molar refractivity (Wildman–Crippen MR) is 87.7 cm³/mol. The smallest absolute Gasteiger partial charge is 0.141 e. The summed E-state index contributed by atoms with van der Waals surface area (Å²) in [7, 11) is 1.60. The van der Waals surface area contributed by atoms with E-state index >= 15 is 0 Å². The summed E-state index contributed by atoms with van der Waals surface area (Å²) in [4.78, 5) is 2.40. The molecule has 1 aromatic carbocycles. The highest BCUT2D eigenvalue weighted by Crippen LogP contribution is 2.38. The minimum Gasteiger partial charge on any atom is -0.507 e. The number of hydrogen-bond donors (Lipinski definition) is 1. The van der Waals surface area contributed by atoms with Crippen LogP contribution in [0.4, 0.5) is 0 Å². The summed E-state index contributed by atoms with van der Waals surface area (Å²) in [5.74, 6) is 1.94. The van der Waals surface area contributed by atoms with Gasteiger partial charge in [-0.3, -0.25) is 4.90 Å². The van der Waals surface area contributed by atoms with E-state index in [1.807, 2.05) is 19.1 Å². The van der Waals surface area contributed by atoms with E-state index in [0.717, 1.165) is 42.8 Å². The Morgan fingerprint density at radius 2 is 2.26 bits per heavy atom. The molecule has 1 aliphatic rings. The Labute approximate surface area is 136 Å². The van der Waals surface area contributed by atoms with E-state index < -0.39 is 0 Å². The van der Waals surface area contributed by atoms with Crippen LogP contribution in [0.2, 0.25) is 0 Å². The molecule has 1 saturated heterocycles. The van der Waals surface area contributed by atoms with Crippen molar-refractivity contribution in [3.05, 3.63) is 40.8 Å². The van der Waals surface area contributed by atoms with Crippen LogP contribution < -0.4 is 4.74 Å². The van der Waals surface area contributed by atoms with Crippen LogP contribution in [0, 0.1) is 6.92 Å². The lowest BCUT2D eigenvalue weighted by molar-refractivity contribution is 0.241. The first kappa shape index (κ1) is 15.9. The summed E-state index contributed by atoms with van der Waals surface area (Å²) in [6, 6.07) is 5.81. The van der Waals surface area contributed by atoms with Crippen molar-refractivity contribution < 1.29 is 14.4 Å². The third-order valence-electron chi connectivity index (χ3n) is 4.67. The summed E-state index contributed by atoms with van der Waals surface area (Å²) in [5, 5.41) is 14.4. The standard InChI is InChI=1S/C18H24N2O3/c1-4-17-18(12(2)19-23-17)15-6-5-9-20(15)11-13-7-8-14(22-3)10-16(13)21/h7-8,10,15,21H,4-6,9,11H2,1-3H3/t15-/m1/s1. The van der Waals surface area contributed by atoms with Gasteiger partial charge in [-0.15, -0.1) is 0 Å². The van der Waals surface area contributed by atoms with Gasteiger partial charge in [0.2, 0.25) is 0 Å². The fraction of sp³-hybridized carbons (Fsp3) is 0.500. The van der Waals surface area contributed by atoms with Crippen LogP contribution in [0.5, 0.6) is 11.5 Å². The second-order valence-corrected chi connectivity index (χ2v) is 6.08. The third-order valence-corrected chi connectivity index (χ3v) is 4.67. The first-order valence-electron chi connectivity index (χ1n) is 8.19. The zero-order valence-electron chi connectivity index (χ0n) is 14.0. The number of hydrogen-bond acceptors (Lipinski definition) is 5. The highest BCUT2D eigenvalue weighted by molar-refractivity contribution is 5.40. The van der Waals surface area contributed by atoms with E-state index in [0.29, 0.717) is 18.3 Å². The maximum Gasteiger partial charge on any atom is 0.141 e. The van der Waals surface area contributed by atoms with E-state index in [-0.39, 0.29) is 5.75 Å². The van der Waals surface area contributed by atoms with Crippen molar-refractivity contribution in [3.63, 3.8) is 0 Å². The molecule has 5 nitrogen and oxygen atoms in total. The molecule has 2 aromatic rings. The number of aromatic nitrogens is 1. The second kappa shape index (κ2) is 6.62. The average molecular weight is 316 g/mol. The predicted octanol–water partition coefficient (Wildman–Crippen LogP) is 3.60. The molecule has 23 heavy (non-hydrogen) atoms. The molecule has 2 heterocycles. The van der Waals surface area contributed by atoms with Crippen LogP contribution in [-0.2, 0) is 13.0 Å². The number of phenolic OH excluding ortho intramolecular Hbond substituents is 1. The molecule has 0 spiro atoms. The summed E-state index contributed by atoms with van der Waals surface area (Å²) < 4.78 is 10.6. The van der Waals surface area contributed by atoms with Crippen molar-refractivity contribution in [2.75, 3.05) is 13.7 Å². The zero-order chi connectivity index (χ0) is 16.4. The normalized spacial score (nSPS) is 18.5. The molecule has 0 aliphatic carbocycles. The number of aromatic hydroxyl groups is 1. The molecule has 1 atom stereocenters. The first-order chi connectivity index (χ1) is 11.1. The Kier molecular flexibility index (Phi) is 4.57. The van der Waals surface area contributed by atoms with Gasteiger partial charge in [-0.1, -0.05) is 18.1 Å². The fourth-order valence-corrected chi connectivity index (χ4v) is 3.47. The Bertz CT molecular complexity index is 681. The fourth-order valence-electron chi connectivity index (χ4n) is 3.47. The number of phenols is 1. The van der Waals surface area contributed by atoms with E-state index in [9.17, 15) is 5.11 Å². The van der Waals surface area contributed by atoms with Crippen molar-refractivity contribution in [1.29, 1.82) is 0 Å². The lowest BCUT2D eigenvalue weighted by atomic mass is 10.0. The van der Waals surface area contributed by atoms with Crippen molar-refractivity contribution in [3.8, 4) is 11.5 Å². The Morgan fingerprint density at radius 3 is 2.96 bits per heavy atom. The molecule has 5 heteroatoms. The van der Waals surface area contributed by atoms with Gasteiger partial charge in [-0.2, -0.15) is 0 Å². The highest BCUT2D eigenvalue weighted by Gasteiger charge is 2.31. The SMILES string of the molecule is CCc1onc(C)c1[C@H]1CCCN1Cc1ccc(OC)cc1O. The number of methoxy groups -OCH3 is 1.